The summed E-state index contributed by atoms with van der Waals surface area (Å²) >= 11 is 2.72. The highest BCUT2D eigenvalue weighted by atomic mass is 32.1. The lowest BCUT2D eigenvalue weighted by atomic mass is 10.1. The number of carbonyl (C=O) groups excluding carboxylic acids is 1. The van der Waals surface area contributed by atoms with Crippen molar-refractivity contribution in [3.8, 4) is 21.0 Å². The van der Waals surface area contributed by atoms with Gasteiger partial charge in [-0.2, -0.15) is 13.2 Å². The van der Waals surface area contributed by atoms with E-state index in [-0.39, 0.29) is 5.69 Å². The second-order valence-corrected chi connectivity index (χ2v) is 9.42. The Morgan fingerprint density at radius 1 is 1.00 bits per heavy atom. The minimum absolute atomic E-state index is 0.217. The summed E-state index contributed by atoms with van der Waals surface area (Å²) in [5.41, 5.74) is 6.93. The van der Waals surface area contributed by atoms with Gasteiger partial charge in [0.1, 0.15) is 10.7 Å². The fourth-order valence-electron chi connectivity index (χ4n) is 3.55. The predicted molar refractivity (Wildman–Crippen MR) is 123 cm³/mol. The van der Waals surface area contributed by atoms with Crippen LogP contribution < -0.4 is 10.6 Å². The molecular weight excluding hydrogens is 473 g/mol. The molecule has 170 valence electrons. The summed E-state index contributed by atoms with van der Waals surface area (Å²) in [6.45, 7) is 2.58. The van der Waals surface area contributed by atoms with Crippen LogP contribution in [0.5, 0.6) is 0 Å². The van der Waals surface area contributed by atoms with Crippen LogP contribution in [-0.4, -0.2) is 42.2 Å². The zero-order chi connectivity index (χ0) is 23.2. The van der Waals surface area contributed by atoms with E-state index in [1.165, 1.54) is 28.7 Å². The molecule has 4 aromatic rings. The number of aromatic nitrogens is 2. The van der Waals surface area contributed by atoms with Gasteiger partial charge in [-0.1, -0.05) is 35.6 Å². The normalized spacial score (nSPS) is 14.7. The molecule has 0 unspecified atom stereocenters. The molecule has 0 radical (unpaired) electrons. The van der Waals surface area contributed by atoms with Crippen LogP contribution in [0.25, 0.3) is 31.2 Å². The number of alkyl halides is 3. The number of morpholine rings is 1. The van der Waals surface area contributed by atoms with Crippen LogP contribution in [0.2, 0.25) is 0 Å². The Labute approximate surface area is 194 Å². The van der Waals surface area contributed by atoms with Gasteiger partial charge in [0.25, 0.3) is 5.91 Å². The molecule has 1 aliphatic heterocycles. The van der Waals surface area contributed by atoms with E-state index in [1.807, 2.05) is 24.3 Å². The Kier molecular flexibility index (Phi) is 5.55. The number of primary amides is 1. The van der Waals surface area contributed by atoms with Gasteiger partial charge >= 0.3 is 6.18 Å². The van der Waals surface area contributed by atoms with Crippen molar-refractivity contribution in [2.75, 3.05) is 31.2 Å². The van der Waals surface area contributed by atoms with Crippen molar-refractivity contribution >= 4 is 43.9 Å². The van der Waals surface area contributed by atoms with Gasteiger partial charge in [0.05, 0.1) is 33.9 Å². The predicted octanol–water partition coefficient (Wildman–Crippen LogP) is 5.04. The third-order valence-electron chi connectivity index (χ3n) is 5.24. The summed E-state index contributed by atoms with van der Waals surface area (Å²) in [6, 6.07) is 10.9. The number of nitrogens with two attached hydrogens (primary N) is 1. The molecule has 0 aliphatic carbocycles. The van der Waals surface area contributed by atoms with Gasteiger partial charge in [0.2, 0.25) is 0 Å². The first kappa shape index (κ1) is 21.8. The molecule has 1 saturated heterocycles. The van der Waals surface area contributed by atoms with E-state index in [2.05, 4.69) is 14.9 Å². The molecule has 0 bridgehead atoms. The van der Waals surface area contributed by atoms with Crippen LogP contribution in [0.4, 0.5) is 18.3 Å². The summed E-state index contributed by atoms with van der Waals surface area (Å²) in [4.78, 5) is 23.6. The number of hydrogen-bond donors (Lipinski definition) is 1. The van der Waals surface area contributed by atoms with Crippen LogP contribution >= 0.6 is 22.7 Å². The molecule has 3 heterocycles. The van der Waals surface area contributed by atoms with Crippen LogP contribution in [0.1, 0.15) is 16.1 Å². The maximum atomic E-state index is 13.0. The van der Waals surface area contributed by atoms with E-state index in [0.29, 0.717) is 46.4 Å². The lowest BCUT2D eigenvalue weighted by molar-refractivity contribution is -0.137. The van der Waals surface area contributed by atoms with Crippen molar-refractivity contribution in [1.29, 1.82) is 0 Å². The topological polar surface area (TPSA) is 81.3 Å². The lowest BCUT2D eigenvalue weighted by Crippen LogP contribution is -2.36. The number of thiazole rings is 2. The highest BCUT2D eigenvalue weighted by molar-refractivity contribution is 7.21. The highest BCUT2D eigenvalue weighted by Crippen LogP contribution is 2.38. The number of carbonyl (C=O) groups is 1. The van der Waals surface area contributed by atoms with Gasteiger partial charge in [-0.05, 0) is 23.8 Å². The zero-order valence-electron chi connectivity index (χ0n) is 17.1. The van der Waals surface area contributed by atoms with Crippen molar-refractivity contribution in [3.05, 3.63) is 53.7 Å². The largest absolute Gasteiger partial charge is 0.416 e. The first-order valence-electron chi connectivity index (χ1n) is 10.0. The van der Waals surface area contributed by atoms with Gasteiger partial charge in [0, 0.05) is 18.7 Å². The Morgan fingerprint density at radius 3 is 2.36 bits per heavy atom. The number of fused-ring (bicyclic) bond motifs is 1. The molecule has 11 heteroatoms. The summed E-state index contributed by atoms with van der Waals surface area (Å²) in [6.07, 6.45) is -4.41. The fourth-order valence-corrected chi connectivity index (χ4v) is 5.63. The molecule has 1 aliphatic rings. The van der Waals surface area contributed by atoms with Crippen molar-refractivity contribution in [2.45, 2.75) is 6.18 Å². The number of hydrogen-bond acceptors (Lipinski definition) is 7. The quantitative estimate of drug-likeness (QED) is 0.433. The molecule has 6 nitrogen and oxygen atoms in total. The number of benzene rings is 2. The van der Waals surface area contributed by atoms with Gasteiger partial charge < -0.3 is 15.4 Å². The summed E-state index contributed by atoms with van der Waals surface area (Å²) < 4.78 is 45.0. The number of nitrogens with zero attached hydrogens (tertiary/aromatic N) is 3. The van der Waals surface area contributed by atoms with E-state index in [1.54, 1.807) is 0 Å². The van der Waals surface area contributed by atoms with Crippen LogP contribution in [0, 0.1) is 0 Å². The summed E-state index contributed by atoms with van der Waals surface area (Å²) in [5, 5.41) is 1.34. The van der Waals surface area contributed by atoms with Gasteiger partial charge in [-0.25, -0.2) is 9.97 Å². The summed E-state index contributed by atoms with van der Waals surface area (Å²) in [5.74, 6) is -0.600. The summed E-state index contributed by atoms with van der Waals surface area (Å²) in [7, 11) is 0. The second-order valence-electron chi connectivity index (χ2n) is 7.41. The number of amides is 1. The number of anilines is 1. The van der Waals surface area contributed by atoms with E-state index in [4.69, 9.17) is 10.5 Å². The first-order valence-corrected chi connectivity index (χ1v) is 11.6. The highest BCUT2D eigenvalue weighted by Gasteiger charge is 2.31. The fraction of sp³-hybridized carbons (Fsp3) is 0.227. The Balaban J connectivity index is 1.46. The van der Waals surface area contributed by atoms with Gasteiger partial charge in [0.15, 0.2) is 5.13 Å². The molecular formula is C22H17F3N4O2S2. The molecule has 1 amide bonds. The minimum atomic E-state index is -4.41. The Morgan fingerprint density at radius 2 is 1.70 bits per heavy atom. The third-order valence-corrected chi connectivity index (χ3v) is 7.49. The standard InChI is InChI=1S/C22H17F3N4O2S2/c23-22(24,25)14-5-6-16-15(11-14)27-20(32-16)13-3-1-12(2-4-13)18-17(19(26)30)28-21(33-18)29-7-9-31-10-8-29/h1-6,11H,7-10H2,(H2,26,30). The third kappa shape index (κ3) is 4.31. The van der Waals surface area contributed by atoms with Crippen LogP contribution in [0.15, 0.2) is 42.5 Å². The average Bonchev–Trinajstić information content (AvgIpc) is 3.44. The van der Waals surface area contributed by atoms with Gasteiger partial charge in [-0.3, -0.25) is 4.79 Å². The van der Waals surface area contributed by atoms with E-state index in [0.717, 1.165) is 28.4 Å². The number of ether oxygens (including phenoxy) is 1. The minimum Gasteiger partial charge on any atom is -0.378 e. The smallest absolute Gasteiger partial charge is 0.378 e. The maximum absolute atomic E-state index is 13.0. The van der Waals surface area contributed by atoms with Crippen molar-refractivity contribution < 1.29 is 22.7 Å². The van der Waals surface area contributed by atoms with E-state index >= 15 is 0 Å². The van der Waals surface area contributed by atoms with Crippen LogP contribution in [0.3, 0.4) is 0 Å². The molecule has 2 aromatic carbocycles. The van der Waals surface area contributed by atoms with Crippen molar-refractivity contribution in [1.82, 2.24) is 9.97 Å². The van der Waals surface area contributed by atoms with Crippen molar-refractivity contribution in [3.63, 3.8) is 0 Å². The molecule has 5 rings (SSSR count). The maximum Gasteiger partial charge on any atom is 0.416 e. The molecule has 0 spiro atoms. The zero-order valence-corrected chi connectivity index (χ0v) is 18.7. The second kappa shape index (κ2) is 8.40. The Hall–Kier alpha value is -3.02. The average molecular weight is 491 g/mol. The molecule has 1 fully saturated rings. The first-order chi connectivity index (χ1) is 15.8. The molecule has 2 N–H and O–H groups in total. The van der Waals surface area contributed by atoms with Gasteiger partial charge in [-0.15, -0.1) is 11.3 Å². The Bertz CT molecular complexity index is 1330. The van der Waals surface area contributed by atoms with E-state index in [9.17, 15) is 18.0 Å². The van der Waals surface area contributed by atoms with E-state index < -0.39 is 17.6 Å². The molecule has 0 saturated carbocycles. The molecule has 0 atom stereocenters. The number of halogens is 3. The SMILES string of the molecule is NC(=O)c1nc(N2CCOCC2)sc1-c1ccc(-c2nc3cc(C(F)(F)F)ccc3s2)cc1. The monoisotopic (exact) mass is 490 g/mol. The number of rotatable bonds is 4. The van der Waals surface area contributed by atoms with Crippen LogP contribution in [-0.2, 0) is 10.9 Å². The lowest BCUT2D eigenvalue weighted by Gasteiger charge is -2.25. The molecule has 2 aromatic heterocycles. The molecule has 33 heavy (non-hydrogen) atoms. The van der Waals surface area contributed by atoms with Crippen molar-refractivity contribution in [2.24, 2.45) is 5.73 Å².